The average molecular weight is 534 g/mol. The third kappa shape index (κ3) is 6.60. The van der Waals surface area contributed by atoms with Crippen LogP contribution in [-0.4, -0.2) is 23.8 Å². The molecule has 3 aromatic carbocycles. The number of phenolic OH excluding ortho intramolecular Hbond substituents is 1. The Balaban J connectivity index is 1.44. The van der Waals surface area contributed by atoms with Gasteiger partial charge in [-0.05, 0) is 57.9 Å². The maximum Gasteiger partial charge on any atom is 0.277 e. The number of ether oxygens (including phenoxy) is 2. The van der Waals surface area contributed by atoms with E-state index in [0.29, 0.717) is 28.1 Å². The van der Waals surface area contributed by atoms with Crippen molar-refractivity contribution in [3.63, 3.8) is 0 Å². The lowest BCUT2D eigenvalue weighted by atomic mass is 10.2. The Morgan fingerprint density at radius 3 is 2.37 bits per heavy atom. The molecule has 2 N–H and O–H groups in total. The average Bonchev–Trinajstić information content (AvgIpc) is 2.75. The highest BCUT2D eigenvalue weighted by atomic mass is 79.9. The monoisotopic (exact) mass is 532 g/mol. The summed E-state index contributed by atoms with van der Waals surface area (Å²) in [6.45, 7) is 0.279. The van der Waals surface area contributed by atoms with Crippen LogP contribution in [0.15, 0.2) is 80.8 Å². The number of phenols is 1. The van der Waals surface area contributed by atoms with Gasteiger partial charge in [-0.3, -0.25) is 4.79 Å². The predicted octanol–water partition coefficient (Wildman–Crippen LogP) is 5.03. The largest absolute Gasteiger partial charge is 0.506 e. The molecule has 1 amide bonds. The number of nitrogens with zero attached hydrogens (tertiary/aromatic N) is 1. The van der Waals surface area contributed by atoms with Gasteiger partial charge in [0, 0.05) is 10.0 Å². The normalized spacial score (nSPS) is 10.7. The van der Waals surface area contributed by atoms with Crippen LogP contribution in [0.25, 0.3) is 0 Å². The predicted molar refractivity (Wildman–Crippen MR) is 122 cm³/mol. The molecule has 0 aromatic heterocycles. The fourth-order valence-corrected chi connectivity index (χ4v) is 3.67. The number of halogens is 2. The molecule has 0 aliphatic heterocycles. The Morgan fingerprint density at radius 2 is 1.67 bits per heavy atom. The lowest BCUT2D eigenvalue weighted by Crippen LogP contribution is -2.24. The third-order valence-electron chi connectivity index (χ3n) is 3.89. The minimum atomic E-state index is -0.427. The van der Waals surface area contributed by atoms with Crippen molar-refractivity contribution < 1.29 is 19.4 Å². The standard InChI is InChI=1S/C22H18Br2N2O4/c23-17-10-16(22(28)20(24)11-17)12-25-26-21(27)14-30-19-8-6-18(7-9-19)29-13-15-4-2-1-3-5-15/h1-12,28H,13-14H2,(H,26,27)/b25-12+. The molecule has 0 spiro atoms. The first-order valence-corrected chi connectivity index (χ1v) is 10.5. The lowest BCUT2D eigenvalue weighted by Gasteiger charge is -2.08. The van der Waals surface area contributed by atoms with Crippen LogP contribution < -0.4 is 14.9 Å². The molecule has 0 heterocycles. The van der Waals surface area contributed by atoms with Crippen LogP contribution >= 0.6 is 31.9 Å². The minimum Gasteiger partial charge on any atom is -0.506 e. The van der Waals surface area contributed by atoms with E-state index in [-0.39, 0.29) is 12.4 Å². The van der Waals surface area contributed by atoms with E-state index in [1.54, 1.807) is 36.4 Å². The summed E-state index contributed by atoms with van der Waals surface area (Å²) in [7, 11) is 0. The summed E-state index contributed by atoms with van der Waals surface area (Å²) in [5.74, 6) is 0.848. The van der Waals surface area contributed by atoms with E-state index >= 15 is 0 Å². The summed E-state index contributed by atoms with van der Waals surface area (Å²) in [5.41, 5.74) is 3.89. The van der Waals surface area contributed by atoms with Gasteiger partial charge in [-0.25, -0.2) is 5.43 Å². The molecule has 3 aromatic rings. The molecular formula is C22H18Br2N2O4. The Kier molecular flexibility index (Phi) is 7.87. The maximum absolute atomic E-state index is 11.9. The zero-order chi connectivity index (χ0) is 21.3. The molecule has 8 heteroatoms. The number of aromatic hydroxyl groups is 1. The number of hydrazone groups is 1. The highest BCUT2D eigenvalue weighted by molar-refractivity contribution is 9.11. The fraction of sp³-hybridized carbons (Fsp3) is 0.0909. The summed E-state index contributed by atoms with van der Waals surface area (Å²) in [6, 6.07) is 20.3. The quantitative estimate of drug-likeness (QED) is 0.314. The molecule has 0 bridgehead atoms. The lowest BCUT2D eigenvalue weighted by molar-refractivity contribution is -0.123. The number of hydrogen-bond donors (Lipinski definition) is 2. The van der Waals surface area contributed by atoms with E-state index in [9.17, 15) is 9.90 Å². The van der Waals surface area contributed by atoms with Crippen LogP contribution in [0.1, 0.15) is 11.1 Å². The first kappa shape index (κ1) is 21.9. The van der Waals surface area contributed by atoms with Gasteiger partial charge in [-0.15, -0.1) is 0 Å². The van der Waals surface area contributed by atoms with Crippen molar-refractivity contribution in [3.8, 4) is 17.2 Å². The van der Waals surface area contributed by atoms with E-state index < -0.39 is 5.91 Å². The number of amides is 1. The summed E-state index contributed by atoms with van der Waals surface area (Å²) < 4.78 is 12.4. The van der Waals surface area contributed by atoms with Crippen molar-refractivity contribution in [1.82, 2.24) is 5.43 Å². The van der Waals surface area contributed by atoms with Gasteiger partial charge in [0.15, 0.2) is 6.61 Å². The summed E-state index contributed by atoms with van der Waals surface area (Å²) >= 11 is 6.56. The molecule has 0 saturated heterocycles. The Hall–Kier alpha value is -2.84. The molecule has 0 fully saturated rings. The summed E-state index contributed by atoms with van der Waals surface area (Å²) in [5, 5.41) is 13.8. The molecule has 0 aliphatic carbocycles. The van der Waals surface area contributed by atoms with Gasteiger partial charge >= 0.3 is 0 Å². The number of rotatable bonds is 8. The van der Waals surface area contributed by atoms with Crippen LogP contribution in [0.2, 0.25) is 0 Å². The summed E-state index contributed by atoms with van der Waals surface area (Å²) in [4.78, 5) is 11.9. The van der Waals surface area contributed by atoms with E-state index in [0.717, 1.165) is 10.0 Å². The minimum absolute atomic E-state index is 0.0296. The van der Waals surface area contributed by atoms with Crippen LogP contribution in [0, 0.1) is 0 Å². The number of carbonyl (C=O) groups is 1. The van der Waals surface area contributed by atoms with Gasteiger partial charge in [0.25, 0.3) is 5.91 Å². The SMILES string of the molecule is O=C(COc1ccc(OCc2ccccc2)cc1)N/N=C/c1cc(Br)cc(Br)c1O. The summed E-state index contributed by atoms with van der Waals surface area (Å²) in [6.07, 6.45) is 1.35. The van der Waals surface area contributed by atoms with Crippen molar-refractivity contribution in [2.45, 2.75) is 6.61 Å². The Bertz CT molecular complexity index is 1030. The van der Waals surface area contributed by atoms with E-state index in [1.807, 2.05) is 30.3 Å². The smallest absolute Gasteiger partial charge is 0.277 e. The number of hydrogen-bond acceptors (Lipinski definition) is 5. The number of carbonyl (C=O) groups excluding carboxylic acids is 1. The van der Waals surface area contributed by atoms with Gasteiger partial charge in [-0.1, -0.05) is 46.3 Å². The Labute approximate surface area is 190 Å². The van der Waals surface area contributed by atoms with Crippen molar-refractivity contribution in [3.05, 3.63) is 86.8 Å². The van der Waals surface area contributed by atoms with E-state index in [1.165, 1.54) is 6.21 Å². The van der Waals surface area contributed by atoms with Gasteiger partial charge in [-0.2, -0.15) is 5.10 Å². The van der Waals surface area contributed by atoms with Gasteiger partial charge in [0.1, 0.15) is 23.9 Å². The molecule has 0 saturated carbocycles. The van der Waals surface area contributed by atoms with Crippen LogP contribution in [0.5, 0.6) is 17.2 Å². The van der Waals surface area contributed by atoms with Crippen LogP contribution in [0.3, 0.4) is 0 Å². The van der Waals surface area contributed by atoms with Crippen LogP contribution in [0.4, 0.5) is 0 Å². The van der Waals surface area contributed by atoms with Crippen molar-refractivity contribution in [2.24, 2.45) is 5.10 Å². The second-order valence-corrected chi connectivity index (χ2v) is 7.92. The third-order valence-corrected chi connectivity index (χ3v) is 4.95. The second-order valence-electron chi connectivity index (χ2n) is 6.15. The zero-order valence-electron chi connectivity index (χ0n) is 15.7. The first-order valence-electron chi connectivity index (χ1n) is 8.91. The molecule has 0 aliphatic rings. The topological polar surface area (TPSA) is 80.2 Å². The number of nitrogens with one attached hydrogen (secondary N) is 1. The van der Waals surface area contributed by atoms with E-state index in [2.05, 4.69) is 42.4 Å². The highest BCUT2D eigenvalue weighted by Crippen LogP contribution is 2.30. The van der Waals surface area contributed by atoms with Crippen molar-refractivity contribution in [1.29, 1.82) is 0 Å². The van der Waals surface area contributed by atoms with Gasteiger partial charge in [0.05, 0.1) is 10.7 Å². The van der Waals surface area contributed by atoms with Crippen LogP contribution in [-0.2, 0) is 11.4 Å². The molecule has 154 valence electrons. The molecule has 0 radical (unpaired) electrons. The first-order chi connectivity index (χ1) is 14.5. The molecule has 30 heavy (non-hydrogen) atoms. The second kappa shape index (κ2) is 10.8. The highest BCUT2D eigenvalue weighted by Gasteiger charge is 2.06. The Morgan fingerprint density at radius 1 is 1.00 bits per heavy atom. The van der Waals surface area contributed by atoms with Gasteiger partial charge in [0.2, 0.25) is 0 Å². The molecular weight excluding hydrogens is 516 g/mol. The molecule has 6 nitrogen and oxygen atoms in total. The molecule has 0 unspecified atom stereocenters. The van der Waals surface area contributed by atoms with E-state index in [4.69, 9.17) is 9.47 Å². The number of benzene rings is 3. The fourth-order valence-electron chi connectivity index (χ4n) is 2.41. The van der Waals surface area contributed by atoms with Crippen molar-refractivity contribution >= 4 is 44.0 Å². The van der Waals surface area contributed by atoms with Crippen molar-refractivity contribution in [2.75, 3.05) is 6.61 Å². The molecule has 3 rings (SSSR count). The van der Waals surface area contributed by atoms with Gasteiger partial charge < -0.3 is 14.6 Å². The maximum atomic E-state index is 11.9. The molecule has 0 atom stereocenters. The zero-order valence-corrected chi connectivity index (χ0v) is 18.9.